The molecular weight excluding hydrogens is 180 g/mol. The minimum Gasteiger partial charge on any atom is -0.480 e. The number of carboxylic acids is 2. The van der Waals surface area contributed by atoms with Gasteiger partial charge in [0.25, 0.3) is 0 Å². The zero-order chi connectivity index (χ0) is 11.0. The molecule has 0 aliphatic heterocycles. The summed E-state index contributed by atoms with van der Waals surface area (Å²) in [6, 6.07) is -1.16. The SMILES string of the molecule is C[C@H](O)[C@H](N)C(=O)O.NCC(=O)O. The maximum absolute atomic E-state index is 9.86. The van der Waals surface area contributed by atoms with Gasteiger partial charge < -0.3 is 26.8 Å². The quantitative estimate of drug-likeness (QED) is 0.342. The van der Waals surface area contributed by atoms with Gasteiger partial charge in [0.1, 0.15) is 6.04 Å². The second-order valence-electron chi connectivity index (χ2n) is 2.20. The summed E-state index contributed by atoms with van der Waals surface area (Å²) in [6.07, 6.45) is -0.979. The standard InChI is InChI=1S/C4H9NO3.C2H5NO2/c1-2(6)3(5)4(7)8;3-1-2(4)5/h2-3,6H,5H2,1H3,(H,7,8);1,3H2,(H,4,5)/t2-,3-;/m0./s1. The van der Waals surface area contributed by atoms with Crippen molar-refractivity contribution in [1.82, 2.24) is 0 Å². The fraction of sp³-hybridized carbons (Fsp3) is 0.667. The van der Waals surface area contributed by atoms with E-state index in [-0.39, 0.29) is 6.54 Å². The molecule has 0 saturated carbocycles. The van der Waals surface area contributed by atoms with Crippen LogP contribution in [-0.4, -0.2) is 45.9 Å². The molecule has 0 amide bonds. The molecule has 0 aliphatic rings. The summed E-state index contributed by atoms with van der Waals surface area (Å²) in [4.78, 5) is 19.1. The Kier molecular flexibility index (Phi) is 8.24. The van der Waals surface area contributed by atoms with Crippen LogP contribution in [0.25, 0.3) is 0 Å². The van der Waals surface area contributed by atoms with Gasteiger partial charge in [0, 0.05) is 0 Å². The fourth-order valence-corrected chi connectivity index (χ4v) is 0.206. The van der Waals surface area contributed by atoms with Crippen molar-refractivity contribution in [1.29, 1.82) is 0 Å². The van der Waals surface area contributed by atoms with Crippen molar-refractivity contribution in [2.45, 2.75) is 19.1 Å². The van der Waals surface area contributed by atoms with Crippen LogP contribution >= 0.6 is 0 Å². The summed E-state index contributed by atoms with van der Waals surface area (Å²) in [5.74, 6) is -2.15. The van der Waals surface area contributed by atoms with Crippen molar-refractivity contribution in [3.63, 3.8) is 0 Å². The van der Waals surface area contributed by atoms with Gasteiger partial charge in [0.05, 0.1) is 12.6 Å². The van der Waals surface area contributed by atoms with E-state index in [4.69, 9.17) is 21.1 Å². The molecule has 0 aromatic heterocycles. The smallest absolute Gasteiger partial charge is 0.323 e. The lowest BCUT2D eigenvalue weighted by Gasteiger charge is -2.06. The van der Waals surface area contributed by atoms with E-state index in [0.717, 1.165) is 0 Å². The molecule has 7 heteroatoms. The van der Waals surface area contributed by atoms with Gasteiger partial charge in [0.2, 0.25) is 0 Å². The highest BCUT2D eigenvalue weighted by atomic mass is 16.4. The molecule has 0 aromatic rings. The molecule has 0 radical (unpaired) electrons. The molecule has 7 N–H and O–H groups in total. The molecule has 0 fully saturated rings. The Labute approximate surface area is 75.0 Å². The molecule has 0 saturated heterocycles. The second-order valence-corrected chi connectivity index (χ2v) is 2.20. The second kappa shape index (κ2) is 7.47. The van der Waals surface area contributed by atoms with E-state index in [0.29, 0.717) is 0 Å². The normalized spacial score (nSPS) is 13.5. The van der Waals surface area contributed by atoms with Crippen LogP contribution in [0.2, 0.25) is 0 Å². The molecule has 0 bridgehead atoms. The van der Waals surface area contributed by atoms with Gasteiger partial charge in [0.15, 0.2) is 0 Å². The van der Waals surface area contributed by atoms with Crippen LogP contribution in [0.3, 0.4) is 0 Å². The van der Waals surface area contributed by atoms with Crippen LogP contribution in [0, 0.1) is 0 Å². The van der Waals surface area contributed by atoms with Gasteiger partial charge in [-0.3, -0.25) is 9.59 Å². The molecule has 0 aliphatic carbocycles. The minimum absolute atomic E-state index is 0.278. The number of aliphatic hydroxyl groups excluding tert-OH is 1. The Bertz CT molecular complexity index is 170. The first-order valence-corrected chi connectivity index (χ1v) is 3.41. The molecular formula is C6H14N2O5. The van der Waals surface area contributed by atoms with E-state index in [2.05, 4.69) is 5.73 Å². The largest absolute Gasteiger partial charge is 0.480 e. The number of hydrogen-bond donors (Lipinski definition) is 5. The lowest BCUT2D eigenvalue weighted by atomic mass is 10.2. The van der Waals surface area contributed by atoms with Gasteiger partial charge in [-0.2, -0.15) is 0 Å². The molecule has 78 valence electrons. The third-order valence-corrected chi connectivity index (χ3v) is 0.979. The van der Waals surface area contributed by atoms with Crippen molar-refractivity contribution in [2.24, 2.45) is 11.5 Å². The van der Waals surface area contributed by atoms with Crippen molar-refractivity contribution in [3.8, 4) is 0 Å². The number of carbonyl (C=O) groups is 2. The summed E-state index contributed by atoms with van der Waals surface area (Å²) in [5.41, 5.74) is 9.48. The Morgan fingerprint density at radius 3 is 1.69 bits per heavy atom. The Hall–Kier alpha value is -1.18. The molecule has 13 heavy (non-hydrogen) atoms. The lowest BCUT2D eigenvalue weighted by molar-refractivity contribution is -0.141. The van der Waals surface area contributed by atoms with Crippen LogP contribution in [0.1, 0.15) is 6.92 Å². The van der Waals surface area contributed by atoms with Crippen LogP contribution in [-0.2, 0) is 9.59 Å². The van der Waals surface area contributed by atoms with Crippen molar-refractivity contribution >= 4 is 11.9 Å². The van der Waals surface area contributed by atoms with E-state index in [1.54, 1.807) is 0 Å². The molecule has 0 heterocycles. The van der Waals surface area contributed by atoms with Crippen LogP contribution < -0.4 is 11.5 Å². The molecule has 7 nitrogen and oxygen atoms in total. The first kappa shape index (κ1) is 14.3. The fourth-order valence-electron chi connectivity index (χ4n) is 0.206. The van der Waals surface area contributed by atoms with E-state index >= 15 is 0 Å². The highest BCUT2D eigenvalue weighted by Crippen LogP contribution is 1.85. The number of aliphatic carboxylic acids is 2. The monoisotopic (exact) mass is 194 g/mol. The van der Waals surface area contributed by atoms with Crippen molar-refractivity contribution < 1.29 is 24.9 Å². The van der Waals surface area contributed by atoms with Crippen LogP contribution in [0.4, 0.5) is 0 Å². The van der Waals surface area contributed by atoms with Crippen LogP contribution in [0.5, 0.6) is 0 Å². The highest BCUT2D eigenvalue weighted by Gasteiger charge is 2.16. The zero-order valence-electron chi connectivity index (χ0n) is 7.17. The van der Waals surface area contributed by atoms with Crippen molar-refractivity contribution in [3.05, 3.63) is 0 Å². The van der Waals surface area contributed by atoms with Crippen LogP contribution in [0.15, 0.2) is 0 Å². The molecule has 0 spiro atoms. The summed E-state index contributed by atoms with van der Waals surface area (Å²) in [5, 5.41) is 24.2. The average Bonchev–Trinajstić information content (AvgIpc) is 2.03. The third kappa shape index (κ3) is 10.8. The maximum atomic E-state index is 9.86. The Morgan fingerprint density at radius 1 is 1.38 bits per heavy atom. The number of aliphatic hydroxyl groups is 1. The lowest BCUT2D eigenvalue weighted by Crippen LogP contribution is -2.39. The number of rotatable bonds is 3. The first-order chi connectivity index (χ1) is 5.82. The summed E-state index contributed by atoms with van der Waals surface area (Å²) in [7, 11) is 0. The third-order valence-electron chi connectivity index (χ3n) is 0.979. The zero-order valence-corrected chi connectivity index (χ0v) is 7.17. The number of carboxylic acid groups (broad SMARTS) is 2. The molecule has 2 atom stereocenters. The number of nitrogens with two attached hydrogens (primary N) is 2. The highest BCUT2D eigenvalue weighted by molar-refractivity contribution is 5.73. The van der Waals surface area contributed by atoms with Gasteiger partial charge in [-0.15, -0.1) is 0 Å². The summed E-state index contributed by atoms with van der Waals surface area (Å²) in [6.45, 7) is 1.05. The Morgan fingerprint density at radius 2 is 1.69 bits per heavy atom. The van der Waals surface area contributed by atoms with E-state index < -0.39 is 24.1 Å². The molecule has 0 unspecified atom stereocenters. The average molecular weight is 194 g/mol. The van der Waals surface area contributed by atoms with Crippen molar-refractivity contribution in [2.75, 3.05) is 6.54 Å². The van der Waals surface area contributed by atoms with Gasteiger partial charge >= 0.3 is 11.9 Å². The Balaban J connectivity index is 0. The van der Waals surface area contributed by atoms with Gasteiger partial charge in [-0.05, 0) is 6.92 Å². The molecule has 0 rings (SSSR count). The van der Waals surface area contributed by atoms with Gasteiger partial charge in [-0.25, -0.2) is 0 Å². The van der Waals surface area contributed by atoms with E-state index in [9.17, 15) is 9.59 Å². The first-order valence-electron chi connectivity index (χ1n) is 3.41. The van der Waals surface area contributed by atoms with E-state index in [1.165, 1.54) is 6.92 Å². The van der Waals surface area contributed by atoms with Gasteiger partial charge in [-0.1, -0.05) is 0 Å². The predicted molar refractivity (Wildman–Crippen MR) is 44.0 cm³/mol. The predicted octanol–water partition coefficient (Wildman–Crippen LogP) is -2.19. The summed E-state index contributed by atoms with van der Waals surface area (Å²) < 4.78 is 0. The molecule has 0 aromatic carbocycles. The maximum Gasteiger partial charge on any atom is 0.323 e. The topological polar surface area (TPSA) is 147 Å². The summed E-state index contributed by atoms with van der Waals surface area (Å²) >= 11 is 0. The number of hydrogen-bond acceptors (Lipinski definition) is 5. The van der Waals surface area contributed by atoms with E-state index in [1.807, 2.05) is 0 Å². The minimum atomic E-state index is -1.18.